The van der Waals surface area contributed by atoms with Gasteiger partial charge in [0.05, 0.1) is 0 Å². The Morgan fingerprint density at radius 1 is 1.35 bits per heavy atom. The zero-order valence-corrected chi connectivity index (χ0v) is 10.1. The summed E-state index contributed by atoms with van der Waals surface area (Å²) in [6, 6.07) is 10.1. The Morgan fingerprint density at radius 3 is 2.76 bits per heavy atom. The fraction of sp³-hybridized carbons (Fsp3) is 0.308. The molecule has 17 heavy (non-hydrogen) atoms. The molecule has 1 aromatic rings. The van der Waals surface area contributed by atoms with E-state index in [4.69, 9.17) is 5.73 Å². The molecule has 0 spiro atoms. The predicted octanol–water partition coefficient (Wildman–Crippen LogP) is 1.81. The van der Waals surface area contributed by atoms with Gasteiger partial charge in [-0.05, 0) is 6.42 Å². The van der Waals surface area contributed by atoms with E-state index in [2.05, 4.69) is 17.6 Å². The molecule has 1 heterocycles. The van der Waals surface area contributed by atoms with Gasteiger partial charge in [0.1, 0.15) is 11.4 Å². The fourth-order valence-corrected chi connectivity index (χ4v) is 1.81. The number of hydrogen-bond acceptors (Lipinski definition) is 4. The van der Waals surface area contributed by atoms with Crippen LogP contribution in [-0.2, 0) is 0 Å². The first-order valence-electron chi connectivity index (χ1n) is 5.95. The summed E-state index contributed by atoms with van der Waals surface area (Å²) >= 11 is 0. The summed E-state index contributed by atoms with van der Waals surface area (Å²) in [6.45, 7) is 3.08. The lowest BCUT2D eigenvalue weighted by Gasteiger charge is -2.18. The van der Waals surface area contributed by atoms with Crippen molar-refractivity contribution >= 4 is 5.71 Å². The average Bonchev–Trinajstić information content (AvgIpc) is 2.80. The van der Waals surface area contributed by atoms with Gasteiger partial charge in [0.15, 0.2) is 0 Å². The molecule has 1 aliphatic heterocycles. The first-order chi connectivity index (χ1) is 8.36. The second-order valence-corrected chi connectivity index (χ2v) is 3.98. The number of nitrogens with zero attached hydrogens (tertiary/aromatic N) is 2. The molecular formula is C13H18N4. The van der Waals surface area contributed by atoms with Crippen molar-refractivity contribution in [3.63, 3.8) is 0 Å². The van der Waals surface area contributed by atoms with Gasteiger partial charge in [0.25, 0.3) is 0 Å². The molecule has 2 rings (SSSR count). The van der Waals surface area contributed by atoms with Crippen LogP contribution >= 0.6 is 0 Å². The number of unbranched alkanes of at least 4 members (excludes halogenated alkanes) is 1. The van der Waals surface area contributed by atoms with Crippen LogP contribution in [-0.4, -0.2) is 17.3 Å². The standard InChI is InChI=1S/C13H18N4/c1-2-3-9-17-12(10-14)13(15-16-17)11-7-5-4-6-8-11/h4-8,10,16H,2-3,9,14H2,1H3. The Morgan fingerprint density at radius 2 is 2.12 bits per heavy atom. The van der Waals surface area contributed by atoms with Crippen molar-refractivity contribution in [3.8, 4) is 0 Å². The zero-order valence-electron chi connectivity index (χ0n) is 10.1. The molecule has 4 heteroatoms. The number of allylic oxidation sites excluding steroid dienone is 1. The van der Waals surface area contributed by atoms with E-state index in [9.17, 15) is 0 Å². The Balaban J connectivity index is 2.16. The van der Waals surface area contributed by atoms with Crippen LogP contribution in [0.4, 0.5) is 0 Å². The van der Waals surface area contributed by atoms with Crippen molar-refractivity contribution < 1.29 is 0 Å². The molecule has 90 valence electrons. The SMILES string of the molecule is CCCCN1NN=C(c2ccccc2)C1=CN. The van der Waals surface area contributed by atoms with Crippen LogP contribution in [0.2, 0.25) is 0 Å². The maximum atomic E-state index is 5.70. The molecule has 0 fully saturated rings. The van der Waals surface area contributed by atoms with Crippen LogP contribution in [0, 0.1) is 0 Å². The Kier molecular flexibility index (Phi) is 3.65. The molecule has 0 radical (unpaired) electrons. The van der Waals surface area contributed by atoms with Crippen molar-refractivity contribution in [1.29, 1.82) is 0 Å². The molecule has 0 amide bonds. The lowest BCUT2D eigenvalue weighted by atomic mass is 10.1. The van der Waals surface area contributed by atoms with E-state index < -0.39 is 0 Å². The Hall–Kier alpha value is -1.97. The largest absolute Gasteiger partial charge is 0.403 e. The quantitative estimate of drug-likeness (QED) is 0.829. The summed E-state index contributed by atoms with van der Waals surface area (Å²) in [5, 5.41) is 6.33. The van der Waals surface area contributed by atoms with Crippen LogP contribution in [0.3, 0.4) is 0 Å². The third-order valence-corrected chi connectivity index (χ3v) is 2.76. The number of nitrogens with two attached hydrogens (primary N) is 1. The van der Waals surface area contributed by atoms with Crippen LogP contribution in [0.5, 0.6) is 0 Å². The molecular weight excluding hydrogens is 212 g/mol. The van der Waals surface area contributed by atoms with Crippen LogP contribution < -0.4 is 11.3 Å². The first kappa shape index (κ1) is 11.5. The summed E-state index contributed by atoms with van der Waals surface area (Å²) in [5.41, 5.74) is 11.6. The molecule has 0 aromatic heterocycles. The average molecular weight is 230 g/mol. The van der Waals surface area contributed by atoms with Crippen LogP contribution in [0.15, 0.2) is 47.3 Å². The van der Waals surface area contributed by atoms with Gasteiger partial charge in [0, 0.05) is 18.3 Å². The van der Waals surface area contributed by atoms with Gasteiger partial charge >= 0.3 is 0 Å². The van der Waals surface area contributed by atoms with Crippen molar-refractivity contribution in [2.75, 3.05) is 6.54 Å². The highest BCUT2D eigenvalue weighted by molar-refractivity contribution is 6.12. The van der Waals surface area contributed by atoms with E-state index in [1.54, 1.807) is 6.20 Å². The third-order valence-electron chi connectivity index (χ3n) is 2.76. The first-order valence-corrected chi connectivity index (χ1v) is 5.95. The van der Waals surface area contributed by atoms with Crippen molar-refractivity contribution in [3.05, 3.63) is 47.8 Å². The maximum absolute atomic E-state index is 5.70. The maximum Gasteiger partial charge on any atom is 0.119 e. The smallest absolute Gasteiger partial charge is 0.119 e. The number of rotatable bonds is 4. The zero-order chi connectivity index (χ0) is 12.1. The summed E-state index contributed by atoms with van der Waals surface area (Å²) in [7, 11) is 0. The minimum absolute atomic E-state index is 0.907. The Labute approximate surface area is 102 Å². The number of benzene rings is 1. The Bertz CT molecular complexity index is 422. The third kappa shape index (κ3) is 2.41. The highest BCUT2D eigenvalue weighted by Crippen LogP contribution is 2.16. The van der Waals surface area contributed by atoms with Gasteiger partial charge in [-0.1, -0.05) is 43.7 Å². The molecule has 0 bridgehead atoms. The molecule has 3 N–H and O–H groups in total. The van der Waals surface area contributed by atoms with E-state index in [1.165, 1.54) is 0 Å². The van der Waals surface area contributed by atoms with Crippen molar-refractivity contribution in [1.82, 2.24) is 10.5 Å². The van der Waals surface area contributed by atoms with Gasteiger partial charge in [-0.15, -0.1) is 0 Å². The van der Waals surface area contributed by atoms with E-state index in [0.29, 0.717) is 0 Å². The minimum Gasteiger partial charge on any atom is -0.403 e. The highest BCUT2D eigenvalue weighted by Gasteiger charge is 2.21. The molecule has 0 saturated heterocycles. The normalized spacial score (nSPS) is 17.1. The van der Waals surface area contributed by atoms with Crippen molar-refractivity contribution in [2.45, 2.75) is 19.8 Å². The second kappa shape index (κ2) is 5.39. The number of hydrogen-bond donors (Lipinski definition) is 2. The summed E-state index contributed by atoms with van der Waals surface area (Å²) in [6.07, 6.45) is 3.88. The second-order valence-electron chi connectivity index (χ2n) is 3.98. The fourth-order valence-electron chi connectivity index (χ4n) is 1.81. The van der Waals surface area contributed by atoms with E-state index in [1.807, 2.05) is 35.3 Å². The number of nitrogens with one attached hydrogen (secondary N) is 1. The molecule has 0 aliphatic carbocycles. The van der Waals surface area contributed by atoms with Gasteiger partial charge in [0.2, 0.25) is 0 Å². The summed E-state index contributed by atoms with van der Waals surface area (Å²) in [5.74, 6) is 0. The number of hydrazone groups is 1. The molecule has 1 aliphatic rings. The topological polar surface area (TPSA) is 53.6 Å². The lowest BCUT2D eigenvalue weighted by Crippen LogP contribution is -2.31. The van der Waals surface area contributed by atoms with E-state index in [0.717, 1.165) is 36.4 Å². The van der Waals surface area contributed by atoms with E-state index >= 15 is 0 Å². The predicted molar refractivity (Wildman–Crippen MR) is 70.0 cm³/mol. The highest BCUT2D eigenvalue weighted by atomic mass is 15.7. The lowest BCUT2D eigenvalue weighted by molar-refractivity contribution is 0.278. The van der Waals surface area contributed by atoms with E-state index in [-0.39, 0.29) is 0 Å². The van der Waals surface area contributed by atoms with Crippen LogP contribution in [0.25, 0.3) is 0 Å². The molecule has 4 nitrogen and oxygen atoms in total. The number of hydrazine groups is 1. The molecule has 0 saturated carbocycles. The molecule has 0 unspecified atom stereocenters. The van der Waals surface area contributed by atoms with Gasteiger partial charge in [-0.2, -0.15) is 5.10 Å². The monoisotopic (exact) mass is 230 g/mol. The minimum atomic E-state index is 0.907. The summed E-state index contributed by atoms with van der Waals surface area (Å²) in [4.78, 5) is 0. The van der Waals surface area contributed by atoms with Gasteiger partial charge < -0.3 is 5.73 Å². The molecule has 1 aromatic carbocycles. The van der Waals surface area contributed by atoms with Crippen LogP contribution in [0.1, 0.15) is 25.3 Å². The summed E-state index contributed by atoms with van der Waals surface area (Å²) < 4.78 is 0. The molecule has 0 atom stereocenters. The van der Waals surface area contributed by atoms with Crippen molar-refractivity contribution in [2.24, 2.45) is 10.8 Å². The van der Waals surface area contributed by atoms with Gasteiger partial charge in [-0.3, -0.25) is 5.01 Å². The van der Waals surface area contributed by atoms with Gasteiger partial charge in [-0.25, -0.2) is 5.53 Å².